The van der Waals surface area contributed by atoms with E-state index in [1.807, 2.05) is 0 Å². The van der Waals surface area contributed by atoms with Crippen molar-refractivity contribution in [3.05, 3.63) is 127 Å². The molecule has 13 nitrogen and oxygen atoms in total. The van der Waals surface area contributed by atoms with Gasteiger partial charge < -0.3 is 25.5 Å². The molecule has 0 saturated heterocycles. The van der Waals surface area contributed by atoms with Gasteiger partial charge in [0, 0.05) is 51.9 Å². The SMILES string of the molecule is Cc1cc2oc3cc(=O)c(F)cc-3c(-c3ccc(C(=O)NCCCCCCNc4nc(Nc5ccc(Cl)cc5)ncc4[N+](=O)[O-])cc3C(=O)O)c2cc1F. The van der Waals surface area contributed by atoms with Crippen LogP contribution in [0.4, 0.5) is 31.9 Å². The number of rotatable bonds is 14. The van der Waals surface area contributed by atoms with E-state index in [4.69, 9.17) is 16.0 Å². The number of fused-ring (bicyclic) bond motifs is 2. The number of hydrogen-bond donors (Lipinski definition) is 4. The Hall–Kier alpha value is -6.48. The van der Waals surface area contributed by atoms with E-state index in [0.29, 0.717) is 43.1 Å². The van der Waals surface area contributed by atoms with Crippen LogP contribution in [0.15, 0.2) is 82.1 Å². The molecule has 0 atom stereocenters. The molecular formula is C38H31ClF2N6O7. The maximum Gasteiger partial charge on any atom is 0.336 e. The van der Waals surface area contributed by atoms with Crippen molar-refractivity contribution in [3.63, 3.8) is 0 Å². The smallest absolute Gasteiger partial charge is 0.336 e. The number of unbranched alkanes of at least 4 members (excludes halogenated alkanes) is 3. The molecule has 0 radical (unpaired) electrons. The molecule has 16 heteroatoms. The average molecular weight is 757 g/mol. The van der Waals surface area contributed by atoms with E-state index in [0.717, 1.165) is 30.8 Å². The molecule has 1 amide bonds. The van der Waals surface area contributed by atoms with Crippen molar-refractivity contribution in [3.8, 4) is 22.5 Å². The number of nitro groups is 1. The van der Waals surface area contributed by atoms with Crippen LogP contribution < -0.4 is 21.4 Å². The quantitative estimate of drug-likeness (QED) is 0.0362. The number of carboxylic acid groups (broad SMARTS) is 1. The molecule has 1 aliphatic carbocycles. The lowest BCUT2D eigenvalue weighted by Crippen LogP contribution is -2.24. The summed E-state index contributed by atoms with van der Waals surface area (Å²) in [5, 5.41) is 31.2. The Labute approximate surface area is 310 Å². The van der Waals surface area contributed by atoms with Gasteiger partial charge in [0.2, 0.25) is 17.2 Å². The van der Waals surface area contributed by atoms with Crippen molar-refractivity contribution in [1.82, 2.24) is 15.3 Å². The molecule has 1 aliphatic heterocycles. The summed E-state index contributed by atoms with van der Waals surface area (Å²) in [5.74, 6) is -3.38. The minimum atomic E-state index is -1.38. The van der Waals surface area contributed by atoms with Crippen LogP contribution in [-0.2, 0) is 0 Å². The van der Waals surface area contributed by atoms with Crippen molar-refractivity contribution in [2.45, 2.75) is 32.6 Å². The van der Waals surface area contributed by atoms with Gasteiger partial charge in [0.1, 0.15) is 23.4 Å². The number of nitrogens with one attached hydrogen (secondary N) is 3. The molecule has 4 aromatic rings. The highest BCUT2D eigenvalue weighted by atomic mass is 35.5. The number of hydrogen-bond acceptors (Lipinski definition) is 10. The summed E-state index contributed by atoms with van der Waals surface area (Å²) < 4.78 is 35.1. The third-order valence-electron chi connectivity index (χ3n) is 8.58. The molecule has 0 spiro atoms. The fraction of sp³-hybridized carbons (Fsp3) is 0.184. The Morgan fingerprint density at radius 2 is 1.69 bits per heavy atom. The van der Waals surface area contributed by atoms with Gasteiger partial charge in [-0.15, -0.1) is 0 Å². The number of carboxylic acids is 1. The highest BCUT2D eigenvalue weighted by Crippen LogP contribution is 2.42. The van der Waals surface area contributed by atoms with Gasteiger partial charge >= 0.3 is 11.7 Å². The van der Waals surface area contributed by atoms with Gasteiger partial charge in [-0.2, -0.15) is 4.98 Å². The number of nitrogens with zero attached hydrogens (tertiary/aromatic N) is 3. The van der Waals surface area contributed by atoms with Gasteiger partial charge in [-0.1, -0.05) is 30.5 Å². The largest absolute Gasteiger partial charge is 0.478 e. The Morgan fingerprint density at radius 1 is 0.944 bits per heavy atom. The van der Waals surface area contributed by atoms with E-state index in [-0.39, 0.29) is 67.6 Å². The van der Waals surface area contributed by atoms with Crippen LogP contribution in [0.1, 0.15) is 52.0 Å². The van der Waals surface area contributed by atoms with Crippen LogP contribution in [-0.4, -0.2) is 45.0 Å². The van der Waals surface area contributed by atoms with Crippen LogP contribution >= 0.6 is 11.6 Å². The molecule has 0 bridgehead atoms. The monoisotopic (exact) mass is 756 g/mol. The Kier molecular flexibility index (Phi) is 11.1. The normalized spacial score (nSPS) is 11.1. The number of anilines is 3. The fourth-order valence-electron chi connectivity index (χ4n) is 5.86. The molecule has 3 aromatic carbocycles. The first-order valence-corrected chi connectivity index (χ1v) is 17.1. The number of amides is 1. The van der Waals surface area contributed by atoms with Crippen LogP contribution in [0.5, 0.6) is 0 Å². The Balaban J connectivity index is 1.07. The lowest BCUT2D eigenvalue weighted by atomic mass is 9.89. The number of carbonyl (C=O) groups excluding carboxylic acids is 1. The summed E-state index contributed by atoms with van der Waals surface area (Å²) in [6, 6.07) is 15.2. The second-order valence-corrected chi connectivity index (χ2v) is 12.8. The summed E-state index contributed by atoms with van der Waals surface area (Å²) in [5.41, 5.74) is -0.118. The molecule has 276 valence electrons. The van der Waals surface area contributed by atoms with Crippen molar-refractivity contribution in [2.75, 3.05) is 23.7 Å². The van der Waals surface area contributed by atoms with Gasteiger partial charge in [-0.3, -0.25) is 19.7 Å². The zero-order valence-electron chi connectivity index (χ0n) is 28.5. The highest BCUT2D eigenvalue weighted by Gasteiger charge is 2.25. The summed E-state index contributed by atoms with van der Waals surface area (Å²) in [4.78, 5) is 56.9. The van der Waals surface area contributed by atoms with Crippen LogP contribution in [0.25, 0.3) is 33.4 Å². The summed E-state index contributed by atoms with van der Waals surface area (Å²) in [7, 11) is 0. The lowest BCUT2D eigenvalue weighted by Gasteiger charge is -2.18. The van der Waals surface area contributed by atoms with Gasteiger partial charge in [0.05, 0.1) is 10.5 Å². The summed E-state index contributed by atoms with van der Waals surface area (Å²) in [6.45, 7) is 2.20. The van der Waals surface area contributed by atoms with E-state index in [1.54, 1.807) is 24.3 Å². The average Bonchev–Trinajstić information content (AvgIpc) is 3.14. The van der Waals surface area contributed by atoms with Crippen LogP contribution in [0, 0.1) is 28.7 Å². The molecule has 1 aromatic heterocycles. The van der Waals surface area contributed by atoms with Crippen LogP contribution in [0.2, 0.25) is 5.02 Å². The van der Waals surface area contributed by atoms with Crippen molar-refractivity contribution < 1.29 is 32.8 Å². The third-order valence-corrected chi connectivity index (χ3v) is 8.84. The van der Waals surface area contributed by atoms with Gasteiger partial charge in [-0.25, -0.2) is 18.6 Å². The lowest BCUT2D eigenvalue weighted by molar-refractivity contribution is -0.384. The zero-order valence-corrected chi connectivity index (χ0v) is 29.3. The molecule has 0 saturated carbocycles. The second-order valence-electron chi connectivity index (χ2n) is 12.3. The van der Waals surface area contributed by atoms with E-state index in [2.05, 4.69) is 25.9 Å². The van der Waals surface area contributed by atoms with Gasteiger partial charge in [0.25, 0.3) is 5.91 Å². The third kappa shape index (κ3) is 8.26. The minimum absolute atomic E-state index is 0.0177. The minimum Gasteiger partial charge on any atom is -0.478 e. The number of halogens is 3. The first-order chi connectivity index (χ1) is 25.9. The molecule has 4 N–H and O–H groups in total. The van der Waals surface area contributed by atoms with E-state index >= 15 is 0 Å². The molecule has 0 unspecified atom stereocenters. The molecule has 2 heterocycles. The Morgan fingerprint density at radius 3 is 2.41 bits per heavy atom. The summed E-state index contributed by atoms with van der Waals surface area (Å²) >= 11 is 5.92. The predicted octanol–water partition coefficient (Wildman–Crippen LogP) is 8.35. The number of carbonyl (C=O) groups is 2. The first kappa shape index (κ1) is 37.3. The van der Waals surface area contributed by atoms with Crippen LogP contribution in [0.3, 0.4) is 0 Å². The number of aromatic carboxylic acids is 1. The first-order valence-electron chi connectivity index (χ1n) is 16.7. The van der Waals surface area contributed by atoms with Crippen molar-refractivity contribution >= 4 is 57.6 Å². The number of aryl methyl sites for hydroxylation is 1. The highest BCUT2D eigenvalue weighted by molar-refractivity contribution is 6.30. The van der Waals surface area contributed by atoms with E-state index in [1.165, 1.54) is 31.2 Å². The summed E-state index contributed by atoms with van der Waals surface area (Å²) in [6.07, 6.45) is 3.82. The fourth-order valence-corrected chi connectivity index (χ4v) is 5.99. The molecule has 6 rings (SSSR count). The maximum atomic E-state index is 14.8. The second kappa shape index (κ2) is 16.0. The van der Waals surface area contributed by atoms with Gasteiger partial charge in [0.15, 0.2) is 5.82 Å². The number of aromatic nitrogens is 2. The van der Waals surface area contributed by atoms with E-state index < -0.39 is 33.9 Å². The molecule has 54 heavy (non-hydrogen) atoms. The molecule has 2 aliphatic rings. The standard InChI is InChI=1S/C38H31ClF2N6O7/c1-20-14-32-26(16-28(20)40)34(27-17-29(41)31(48)18-33(27)54-32)24-11-6-21(15-25(24)37(50)51)36(49)43-13-5-3-2-4-12-42-35-30(47(52)53)19-44-38(46-35)45-23-9-7-22(39)8-10-23/h6-11,14-19H,2-5,12-13H2,1H3,(H,43,49)(H,50,51)(H2,42,44,45,46). The van der Waals surface area contributed by atoms with Crippen molar-refractivity contribution in [2.24, 2.45) is 0 Å². The number of benzene rings is 4. The van der Waals surface area contributed by atoms with E-state index in [9.17, 15) is 38.4 Å². The Bertz CT molecular complexity index is 2440. The molecule has 0 fully saturated rings. The maximum absolute atomic E-state index is 14.8. The predicted molar refractivity (Wildman–Crippen MR) is 199 cm³/mol. The van der Waals surface area contributed by atoms with Gasteiger partial charge in [-0.05, 0) is 85.5 Å². The molecular weight excluding hydrogens is 726 g/mol. The topological polar surface area (TPSA) is 190 Å². The zero-order chi connectivity index (χ0) is 38.5. The van der Waals surface area contributed by atoms with Crippen molar-refractivity contribution in [1.29, 1.82) is 0 Å².